The second kappa shape index (κ2) is 16.2. The van der Waals surface area contributed by atoms with Gasteiger partial charge in [0.1, 0.15) is 18.3 Å². The number of nitrogens with one attached hydrogen (secondary N) is 1. The quantitative estimate of drug-likeness (QED) is 0.152. The number of anilines is 1. The van der Waals surface area contributed by atoms with Crippen molar-refractivity contribution in [3.05, 3.63) is 124 Å². The Morgan fingerprint density at radius 1 is 0.872 bits per heavy atom. The fraction of sp³-hybridized carbons (Fsp3) is 0.278. The summed E-state index contributed by atoms with van der Waals surface area (Å²) in [6, 6.07) is 26.1. The molecule has 0 aliphatic carbocycles. The number of amides is 2. The zero-order valence-corrected chi connectivity index (χ0v) is 29.1. The van der Waals surface area contributed by atoms with E-state index >= 15 is 0 Å². The minimum atomic E-state index is -4.30. The van der Waals surface area contributed by atoms with Gasteiger partial charge in [0, 0.05) is 29.1 Å². The van der Waals surface area contributed by atoms with Gasteiger partial charge in [0.05, 0.1) is 17.7 Å². The lowest BCUT2D eigenvalue weighted by atomic mass is 10.0. The maximum atomic E-state index is 14.6. The van der Waals surface area contributed by atoms with Crippen LogP contribution in [0.4, 0.5) is 5.69 Å². The number of hydrogen-bond donors (Lipinski definition) is 1. The van der Waals surface area contributed by atoms with Crippen LogP contribution in [0.1, 0.15) is 37.0 Å². The number of ether oxygens (including phenoxy) is 1. The van der Waals surface area contributed by atoms with Crippen LogP contribution < -0.4 is 14.4 Å². The summed E-state index contributed by atoms with van der Waals surface area (Å²) in [7, 11) is -2.75. The van der Waals surface area contributed by atoms with E-state index in [-0.39, 0.29) is 45.5 Å². The van der Waals surface area contributed by atoms with Crippen molar-refractivity contribution >= 4 is 50.7 Å². The Balaban J connectivity index is 1.84. The Morgan fingerprint density at radius 2 is 1.51 bits per heavy atom. The van der Waals surface area contributed by atoms with Gasteiger partial charge < -0.3 is 15.0 Å². The Hall–Kier alpha value is -4.05. The SMILES string of the molecule is CCC(C)NC(=O)C(Cc1ccccc1)N(Cc1cccc(OC)c1)C(=O)CN(c1cc(Cl)cc(Cl)c1)S(=O)(=O)c1ccc(C)cc1. The van der Waals surface area contributed by atoms with Crippen LogP contribution in [0, 0.1) is 6.92 Å². The van der Waals surface area contributed by atoms with Crippen molar-refractivity contribution in [1.82, 2.24) is 10.2 Å². The van der Waals surface area contributed by atoms with Gasteiger partial charge in [0.15, 0.2) is 0 Å². The summed E-state index contributed by atoms with van der Waals surface area (Å²) >= 11 is 12.6. The van der Waals surface area contributed by atoms with E-state index in [9.17, 15) is 18.0 Å². The van der Waals surface area contributed by atoms with Crippen molar-refractivity contribution in [3.8, 4) is 5.75 Å². The van der Waals surface area contributed by atoms with Crippen LogP contribution in [-0.2, 0) is 32.6 Å². The van der Waals surface area contributed by atoms with Crippen LogP contribution in [0.2, 0.25) is 10.0 Å². The van der Waals surface area contributed by atoms with Crippen LogP contribution in [0.3, 0.4) is 0 Å². The molecular weight excluding hydrogens is 657 g/mol. The smallest absolute Gasteiger partial charge is 0.264 e. The molecule has 2 amide bonds. The molecule has 0 saturated carbocycles. The van der Waals surface area contributed by atoms with Crippen LogP contribution >= 0.6 is 23.2 Å². The van der Waals surface area contributed by atoms with Gasteiger partial charge in [-0.15, -0.1) is 0 Å². The zero-order valence-electron chi connectivity index (χ0n) is 26.8. The average molecular weight is 697 g/mol. The lowest BCUT2D eigenvalue weighted by molar-refractivity contribution is -0.140. The highest BCUT2D eigenvalue weighted by molar-refractivity contribution is 7.92. The molecule has 4 aromatic rings. The minimum Gasteiger partial charge on any atom is -0.497 e. The molecule has 248 valence electrons. The molecule has 47 heavy (non-hydrogen) atoms. The molecule has 4 rings (SSSR count). The van der Waals surface area contributed by atoms with Gasteiger partial charge in [-0.25, -0.2) is 8.42 Å². The predicted molar refractivity (Wildman–Crippen MR) is 188 cm³/mol. The second-order valence-corrected chi connectivity index (χ2v) is 14.1. The number of aryl methyl sites for hydroxylation is 1. The molecule has 0 fully saturated rings. The summed E-state index contributed by atoms with van der Waals surface area (Å²) in [6.45, 7) is 5.09. The van der Waals surface area contributed by atoms with Crippen molar-refractivity contribution in [2.75, 3.05) is 18.0 Å². The molecule has 0 bridgehead atoms. The van der Waals surface area contributed by atoms with E-state index in [0.29, 0.717) is 17.7 Å². The van der Waals surface area contributed by atoms with Crippen molar-refractivity contribution < 1.29 is 22.7 Å². The van der Waals surface area contributed by atoms with Crippen molar-refractivity contribution in [2.24, 2.45) is 0 Å². The predicted octanol–water partition coefficient (Wildman–Crippen LogP) is 7.06. The second-order valence-electron chi connectivity index (χ2n) is 11.3. The third-order valence-corrected chi connectivity index (χ3v) is 10.0. The molecule has 0 radical (unpaired) electrons. The molecule has 2 atom stereocenters. The molecule has 0 spiro atoms. The number of carbonyl (C=O) groups excluding carboxylic acids is 2. The summed E-state index contributed by atoms with van der Waals surface area (Å²) < 4.78 is 34.8. The Morgan fingerprint density at radius 3 is 2.13 bits per heavy atom. The largest absolute Gasteiger partial charge is 0.497 e. The molecule has 8 nitrogen and oxygen atoms in total. The summed E-state index contributed by atoms with van der Waals surface area (Å²) in [5.41, 5.74) is 2.52. The van der Waals surface area contributed by atoms with Gasteiger partial charge in [-0.2, -0.15) is 0 Å². The third-order valence-electron chi connectivity index (χ3n) is 7.78. The minimum absolute atomic E-state index is 0.0101. The fourth-order valence-corrected chi connectivity index (χ4v) is 6.92. The van der Waals surface area contributed by atoms with Crippen molar-refractivity contribution in [2.45, 2.75) is 57.1 Å². The number of halogens is 2. The van der Waals surface area contributed by atoms with E-state index in [1.807, 2.05) is 57.2 Å². The number of methoxy groups -OCH3 is 1. The highest BCUT2D eigenvalue weighted by atomic mass is 35.5. The van der Waals surface area contributed by atoms with Crippen LogP contribution in [0.5, 0.6) is 5.75 Å². The summed E-state index contributed by atoms with van der Waals surface area (Å²) in [6.07, 6.45) is 0.887. The highest BCUT2D eigenvalue weighted by Crippen LogP contribution is 2.30. The first-order valence-electron chi connectivity index (χ1n) is 15.2. The first-order valence-corrected chi connectivity index (χ1v) is 17.4. The number of sulfonamides is 1. The van der Waals surface area contributed by atoms with Gasteiger partial charge >= 0.3 is 0 Å². The maximum Gasteiger partial charge on any atom is 0.264 e. The van der Waals surface area contributed by atoms with E-state index in [1.165, 1.54) is 35.2 Å². The molecule has 0 saturated heterocycles. The summed E-state index contributed by atoms with van der Waals surface area (Å²) in [4.78, 5) is 30.0. The molecule has 0 aliphatic heterocycles. The first kappa shape index (κ1) is 35.8. The van der Waals surface area contributed by atoms with Crippen molar-refractivity contribution in [1.29, 1.82) is 0 Å². The van der Waals surface area contributed by atoms with Crippen molar-refractivity contribution in [3.63, 3.8) is 0 Å². The molecule has 11 heteroatoms. The van der Waals surface area contributed by atoms with Crippen LogP contribution in [-0.4, -0.2) is 50.9 Å². The van der Waals surface area contributed by atoms with E-state index in [0.717, 1.165) is 15.4 Å². The van der Waals surface area contributed by atoms with Gasteiger partial charge in [-0.3, -0.25) is 13.9 Å². The number of carbonyl (C=O) groups is 2. The maximum absolute atomic E-state index is 14.6. The Kier molecular flexibility index (Phi) is 12.3. The van der Waals surface area contributed by atoms with Gasteiger partial charge in [-0.05, 0) is 73.9 Å². The zero-order chi connectivity index (χ0) is 34.1. The van der Waals surface area contributed by atoms with Gasteiger partial charge in [-0.1, -0.05) is 90.3 Å². The van der Waals surface area contributed by atoms with Gasteiger partial charge in [0.2, 0.25) is 11.8 Å². The van der Waals surface area contributed by atoms with Crippen LogP contribution in [0.15, 0.2) is 102 Å². The average Bonchev–Trinajstić information content (AvgIpc) is 3.05. The summed E-state index contributed by atoms with van der Waals surface area (Å²) in [5, 5.41) is 3.43. The lowest BCUT2D eigenvalue weighted by Gasteiger charge is -2.34. The normalized spacial score (nSPS) is 12.6. The molecule has 0 heterocycles. The van der Waals surface area contributed by atoms with Crippen LogP contribution in [0.25, 0.3) is 0 Å². The number of rotatable bonds is 14. The number of hydrogen-bond acceptors (Lipinski definition) is 5. The topological polar surface area (TPSA) is 96.0 Å². The third kappa shape index (κ3) is 9.50. The lowest BCUT2D eigenvalue weighted by Crippen LogP contribution is -2.54. The first-order chi connectivity index (χ1) is 22.4. The van der Waals surface area contributed by atoms with E-state index in [2.05, 4.69) is 5.32 Å². The van der Waals surface area contributed by atoms with E-state index < -0.39 is 28.5 Å². The van der Waals surface area contributed by atoms with Gasteiger partial charge in [0.25, 0.3) is 10.0 Å². The highest BCUT2D eigenvalue weighted by Gasteiger charge is 2.35. The Bertz CT molecular complexity index is 1770. The molecule has 0 aliphatic rings. The molecule has 4 aromatic carbocycles. The number of nitrogens with zero attached hydrogens (tertiary/aromatic N) is 2. The molecule has 1 N–H and O–H groups in total. The molecule has 0 aromatic heterocycles. The van der Waals surface area contributed by atoms with E-state index in [4.69, 9.17) is 27.9 Å². The monoisotopic (exact) mass is 695 g/mol. The summed E-state index contributed by atoms with van der Waals surface area (Å²) in [5.74, 6) is -0.367. The Labute approximate surface area is 287 Å². The fourth-order valence-electron chi connectivity index (χ4n) is 5.01. The molecule has 2 unspecified atom stereocenters. The molecular formula is C36H39Cl2N3O5S. The standard InChI is InChI=1S/C36H39Cl2N3O5S/c1-5-26(3)39-36(43)34(19-27-10-7-6-8-11-27)40(23-28-12-9-13-32(18-28)46-4)35(42)24-41(31-21-29(37)20-30(38)22-31)47(44,45)33-16-14-25(2)15-17-33/h6-18,20-22,26,34H,5,19,23-24H2,1-4H3,(H,39,43). The van der Waals surface area contributed by atoms with E-state index in [1.54, 1.807) is 37.4 Å². The number of benzene rings is 4.